The van der Waals surface area contributed by atoms with Crippen LogP contribution in [0.3, 0.4) is 0 Å². The molecule has 0 atom stereocenters. The van der Waals surface area contributed by atoms with E-state index in [1.165, 1.54) is 11.8 Å². The number of aromatic amines is 1. The van der Waals surface area contributed by atoms with Gasteiger partial charge < -0.3 is 4.98 Å². The largest absolute Gasteiger partial charge is 0.309 e. The minimum absolute atomic E-state index is 0.0781. The second-order valence-electron chi connectivity index (χ2n) is 5.82. The molecule has 1 aromatic carbocycles. The molecule has 0 amide bonds. The molecule has 8 heteroatoms. The maximum absolute atomic E-state index is 12.4. The van der Waals surface area contributed by atoms with Crippen LogP contribution in [0.1, 0.15) is 16.3 Å². The van der Waals surface area contributed by atoms with E-state index in [4.69, 9.17) is 11.6 Å². The number of benzene rings is 1. The zero-order valence-electron chi connectivity index (χ0n) is 14.1. The van der Waals surface area contributed by atoms with Gasteiger partial charge in [0.05, 0.1) is 11.1 Å². The highest BCUT2D eigenvalue weighted by atomic mass is 35.5. The monoisotopic (exact) mass is 402 g/mol. The van der Waals surface area contributed by atoms with Gasteiger partial charge in [0.15, 0.2) is 5.16 Å². The third-order valence-corrected chi connectivity index (χ3v) is 6.43. The predicted molar refractivity (Wildman–Crippen MR) is 108 cm³/mol. The fourth-order valence-electron chi connectivity index (χ4n) is 2.72. The Hall–Kier alpha value is -2.09. The topological polar surface area (TPSA) is 63.6 Å². The summed E-state index contributed by atoms with van der Waals surface area (Å²) in [5.74, 6) is 1.17. The Morgan fingerprint density at radius 1 is 1.35 bits per heavy atom. The van der Waals surface area contributed by atoms with E-state index in [0.29, 0.717) is 22.0 Å². The molecular formula is C18H15ClN4OS2. The van der Waals surface area contributed by atoms with Gasteiger partial charge in [0, 0.05) is 28.0 Å². The summed E-state index contributed by atoms with van der Waals surface area (Å²) in [5.41, 5.74) is 1.87. The Balaban J connectivity index is 1.62. The Kier molecular flexibility index (Phi) is 4.60. The van der Waals surface area contributed by atoms with E-state index in [1.54, 1.807) is 17.5 Å². The van der Waals surface area contributed by atoms with Crippen LogP contribution in [0.25, 0.3) is 15.9 Å². The molecule has 3 heterocycles. The molecule has 4 aromatic rings. The van der Waals surface area contributed by atoms with Crippen molar-refractivity contribution >= 4 is 44.9 Å². The van der Waals surface area contributed by atoms with Gasteiger partial charge in [-0.25, -0.2) is 9.97 Å². The molecule has 0 saturated heterocycles. The van der Waals surface area contributed by atoms with Crippen LogP contribution in [0, 0.1) is 13.8 Å². The van der Waals surface area contributed by atoms with Crippen LogP contribution in [0.15, 0.2) is 46.6 Å². The number of rotatable bonds is 4. The minimum atomic E-state index is -0.0781. The molecule has 1 N–H and O–H groups in total. The fraction of sp³-hybridized carbons (Fsp3) is 0.167. The lowest BCUT2D eigenvalue weighted by molar-refractivity contribution is 0.892. The highest BCUT2D eigenvalue weighted by Crippen LogP contribution is 2.28. The smallest absolute Gasteiger partial charge is 0.259 e. The first-order chi connectivity index (χ1) is 12.5. The lowest BCUT2D eigenvalue weighted by atomic mass is 10.2. The number of thiophene rings is 1. The summed E-state index contributed by atoms with van der Waals surface area (Å²) in [6, 6.07) is 7.60. The first-order valence-electron chi connectivity index (χ1n) is 7.94. The molecule has 4 rings (SSSR count). The minimum Gasteiger partial charge on any atom is -0.309 e. The Labute approximate surface area is 163 Å². The van der Waals surface area contributed by atoms with Crippen molar-refractivity contribution in [2.24, 2.45) is 0 Å². The summed E-state index contributed by atoms with van der Waals surface area (Å²) in [6.07, 6.45) is 3.63. The quantitative estimate of drug-likeness (QED) is 0.501. The van der Waals surface area contributed by atoms with Crippen LogP contribution < -0.4 is 5.56 Å². The second kappa shape index (κ2) is 6.90. The van der Waals surface area contributed by atoms with Crippen LogP contribution in [0.5, 0.6) is 0 Å². The standard InChI is InChI=1S/C18H15ClN4OS2/c1-10-11(2)26-17-15(10)16(24)21-14(22-17)9-25-18-20-6-7-23(18)13-5-3-4-12(19)8-13/h3-8H,9H2,1-2H3,(H,21,22,24). The van der Waals surface area contributed by atoms with E-state index in [1.807, 2.05) is 48.9 Å². The van der Waals surface area contributed by atoms with Crippen molar-refractivity contribution < 1.29 is 0 Å². The number of thioether (sulfide) groups is 1. The van der Waals surface area contributed by atoms with E-state index in [2.05, 4.69) is 15.0 Å². The molecule has 0 spiro atoms. The van der Waals surface area contributed by atoms with E-state index < -0.39 is 0 Å². The Morgan fingerprint density at radius 3 is 3.00 bits per heavy atom. The summed E-state index contributed by atoms with van der Waals surface area (Å²) in [7, 11) is 0. The van der Waals surface area contributed by atoms with E-state index in [0.717, 1.165) is 26.1 Å². The molecule has 0 fully saturated rings. The van der Waals surface area contributed by atoms with Crippen molar-refractivity contribution in [2.45, 2.75) is 24.8 Å². The molecule has 0 bridgehead atoms. The molecule has 0 unspecified atom stereocenters. The highest BCUT2D eigenvalue weighted by molar-refractivity contribution is 7.98. The summed E-state index contributed by atoms with van der Waals surface area (Å²) >= 11 is 9.16. The molecule has 5 nitrogen and oxygen atoms in total. The van der Waals surface area contributed by atoms with Gasteiger partial charge in [0.25, 0.3) is 5.56 Å². The van der Waals surface area contributed by atoms with Gasteiger partial charge in [-0.15, -0.1) is 11.3 Å². The van der Waals surface area contributed by atoms with Crippen molar-refractivity contribution in [2.75, 3.05) is 0 Å². The molecule has 0 aliphatic carbocycles. The van der Waals surface area contributed by atoms with Gasteiger partial charge in [0.2, 0.25) is 0 Å². The van der Waals surface area contributed by atoms with Gasteiger partial charge >= 0.3 is 0 Å². The second-order valence-corrected chi connectivity index (χ2v) is 8.41. The summed E-state index contributed by atoms with van der Waals surface area (Å²) < 4.78 is 1.96. The van der Waals surface area contributed by atoms with Gasteiger partial charge in [-0.2, -0.15) is 0 Å². The SMILES string of the molecule is Cc1sc2nc(CSc3nccn3-c3cccc(Cl)c3)[nH]c(=O)c2c1C. The van der Waals surface area contributed by atoms with E-state index >= 15 is 0 Å². The van der Waals surface area contributed by atoms with Crippen LogP contribution in [0.2, 0.25) is 5.02 Å². The third kappa shape index (κ3) is 3.18. The number of fused-ring (bicyclic) bond motifs is 1. The summed E-state index contributed by atoms with van der Waals surface area (Å²) in [6.45, 7) is 3.97. The predicted octanol–water partition coefficient (Wildman–Crippen LogP) is 4.73. The molecule has 132 valence electrons. The van der Waals surface area contributed by atoms with Crippen molar-refractivity contribution in [3.63, 3.8) is 0 Å². The number of aromatic nitrogens is 4. The lowest BCUT2D eigenvalue weighted by Gasteiger charge is -2.07. The number of H-pyrrole nitrogens is 1. The van der Waals surface area contributed by atoms with Crippen LogP contribution in [-0.4, -0.2) is 19.5 Å². The maximum atomic E-state index is 12.4. The molecule has 0 saturated carbocycles. The third-order valence-electron chi connectivity index (χ3n) is 4.12. The fourth-order valence-corrected chi connectivity index (χ4v) is 4.80. The summed E-state index contributed by atoms with van der Waals surface area (Å²) in [4.78, 5) is 26.2. The van der Waals surface area contributed by atoms with Crippen molar-refractivity contribution in [3.05, 3.63) is 68.3 Å². The molecular weight excluding hydrogens is 388 g/mol. The molecule has 0 aliphatic heterocycles. The Morgan fingerprint density at radius 2 is 2.19 bits per heavy atom. The first-order valence-corrected chi connectivity index (χ1v) is 10.1. The number of hydrogen-bond donors (Lipinski definition) is 1. The number of imidazole rings is 1. The number of nitrogens with one attached hydrogen (secondary N) is 1. The summed E-state index contributed by atoms with van der Waals surface area (Å²) in [5, 5.41) is 2.18. The molecule has 0 radical (unpaired) electrons. The zero-order valence-corrected chi connectivity index (χ0v) is 16.5. The maximum Gasteiger partial charge on any atom is 0.259 e. The van der Waals surface area contributed by atoms with Crippen LogP contribution in [0.4, 0.5) is 0 Å². The van der Waals surface area contributed by atoms with Gasteiger partial charge in [-0.05, 0) is 37.6 Å². The number of halogens is 1. The van der Waals surface area contributed by atoms with Crippen LogP contribution in [-0.2, 0) is 5.75 Å². The van der Waals surface area contributed by atoms with E-state index in [9.17, 15) is 4.79 Å². The number of nitrogens with zero attached hydrogens (tertiary/aromatic N) is 3. The number of hydrogen-bond acceptors (Lipinski definition) is 5. The van der Waals surface area contributed by atoms with E-state index in [-0.39, 0.29) is 5.56 Å². The normalized spacial score (nSPS) is 11.3. The van der Waals surface area contributed by atoms with Crippen LogP contribution >= 0.6 is 34.7 Å². The molecule has 3 aromatic heterocycles. The van der Waals surface area contributed by atoms with Gasteiger partial charge in [0.1, 0.15) is 10.7 Å². The molecule has 0 aliphatic rings. The molecule has 26 heavy (non-hydrogen) atoms. The zero-order chi connectivity index (χ0) is 18.3. The average Bonchev–Trinajstić information content (AvgIpc) is 3.18. The first kappa shape index (κ1) is 17.3. The number of aryl methyl sites for hydroxylation is 2. The van der Waals surface area contributed by atoms with Gasteiger partial charge in [-0.3, -0.25) is 9.36 Å². The van der Waals surface area contributed by atoms with Gasteiger partial charge in [-0.1, -0.05) is 29.4 Å². The van der Waals surface area contributed by atoms with Crippen molar-refractivity contribution in [1.29, 1.82) is 0 Å². The lowest BCUT2D eigenvalue weighted by Crippen LogP contribution is -2.11. The average molecular weight is 403 g/mol. The van der Waals surface area contributed by atoms with Crippen molar-refractivity contribution in [3.8, 4) is 5.69 Å². The Bertz CT molecular complexity index is 1160. The highest BCUT2D eigenvalue weighted by Gasteiger charge is 2.13. The van der Waals surface area contributed by atoms with Crippen molar-refractivity contribution in [1.82, 2.24) is 19.5 Å².